The van der Waals surface area contributed by atoms with Crippen LogP contribution in [0.2, 0.25) is 0 Å². The van der Waals surface area contributed by atoms with Crippen LogP contribution in [0.1, 0.15) is 41.1 Å². The number of aromatic nitrogens is 2. The number of hydrogen-bond donors (Lipinski definition) is 2. The molecule has 0 amide bonds. The molecule has 29 heavy (non-hydrogen) atoms. The molecular weight excluding hydrogens is 360 g/mol. The molecule has 1 aromatic heterocycles. The van der Waals surface area contributed by atoms with Gasteiger partial charge >= 0.3 is 0 Å². The maximum absolute atomic E-state index is 9.34. The number of rotatable bonds is 2. The Morgan fingerprint density at radius 1 is 1.10 bits per heavy atom. The van der Waals surface area contributed by atoms with E-state index in [1.165, 1.54) is 22.4 Å². The van der Waals surface area contributed by atoms with Crippen LogP contribution >= 0.6 is 0 Å². The second-order valence-electron chi connectivity index (χ2n) is 7.75. The lowest BCUT2D eigenvalue weighted by Crippen LogP contribution is -2.42. The van der Waals surface area contributed by atoms with Crippen LogP contribution in [0, 0.1) is 11.3 Å². The first kappa shape index (κ1) is 17.5. The van der Waals surface area contributed by atoms with E-state index in [4.69, 9.17) is 5.73 Å². The van der Waals surface area contributed by atoms with E-state index < -0.39 is 0 Å². The van der Waals surface area contributed by atoms with Crippen LogP contribution in [-0.4, -0.2) is 22.6 Å². The Morgan fingerprint density at radius 3 is 2.76 bits per heavy atom. The van der Waals surface area contributed by atoms with Crippen molar-refractivity contribution in [3.05, 3.63) is 77.1 Å². The normalized spacial score (nSPS) is 19.9. The number of nitrogens with zero attached hydrogens (tertiary/aromatic N) is 4. The van der Waals surface area contributed by atoms with E-state index >= 15 is 0 Å². The lowest BCUT2D eigenvalue weighted by Gasteiger charge is -2.41. The number of benzene rings is 2. The molecule has 2 aliphatic heterocycles. The van der Waals surface area contributed by atoms with Crippen LogP contribution in [0.5, 0.6) is 0 Å². The van der Waals surface area contributed by atoms with Crippen LogP contribution in [0.25, 0.3) is 0 Å². The van der Waals surface area contributed by atoms with Crippen molar-refractivity contribution in [3.8, 4) is 6.07 Å². The molecule has 2 atom stereocenters. The average Bonchev–Trinajstić information content (AvgIpc) is 2.89. The fourth-order valence-electron chi connectivity index (χ4n) is 4.58. The Bertz CT molecular complexity index is 1090. The van der Waals surface area contributed by atoms with Gasteiger partial charge in [0.15, 0.2) is 0 Å². The van der Waals surface area contributed by atoms with Crippen LogP contribution in [0.4, 0.5) is 17.3 Å². The number of nitriles is 1. The Morgan fingerprint density at radius 2 is 1.93 bits per heavy atom. The molecule has 3 heterocycles. The van der Waals surface area contributed by atoms with Gasteiger partial charge in [-0.15, -0.1) is 0 Å². The highest BCUT2D eigenvalue weighted by Gasteiger charge is 2.34. The van der Waals surface area contributed by atoms with Crippen molar-refractivity contribution in [3.63, 3.8) is 0 Å². The van der Waals surface area contributed by atoms with Gasteiger partial charge in [0.25, 0.3) is 0 Å². The molecular formula is C23H22N6. The summed E-state index contributed by atoms with van der Waals surface area (Å²) in [5, 5.41) is 12.8. The van der Waals surface area contributed by atoms with Crippen molar-refractivity contribution in [2.24, 2.45) is 0 Å². The monoisotopic (exact) mass is 382 g/mol. The minimum Gasteiger partial charge on any atom is -0.396 e. The minimum atomic E-state index is 0.278. The lowest BCUT2D eigenvalue weighted by atomic mass is 9.89. The average molecular weight is 382 g/mol. The Balaban J connectivity index is 1.49. The Kier molecular flexibility index (Phi) is 4.28. The van der Waals surface area contributed by atoms with Crippen molar-refractivity contribution >= 4 is 17.3 Å². The standard InChI is InChI=1S/C23H22N6/c24-12-15-5-6-21-17(9-15)10-16-3-1-2-4-20(16)22-11-19(7-8-29(21)22)28-23-26-13-18(25)14-27-23/h1-6,9,13-14,19,22H,7-8,10-11,25H2,(H,26,27,28)/t19-,22-/m0/s1. The van der Waals surface area contributed by atoms with E-state index in [1.54, 1.807) is 12.4 Å². The SMILES string of the molecule is N#Cc1ccc2c(c1)Cc1ccccc1[C@@H]1C[C@@H](Nc3ncc(N)cn3)CCN21. The lowest BCUT2D eigenvalue weighted by molar-refractivity contribution is 0.437. The van der Waals surface area contributed by atoms with E-state index in [1.807, 2.05) is 12.1 Å². The second kappa shape index (κ2) is 7.10. The van der Waals surface area contributed by atoms with Crippen molar-refractivity contribution < 1.29 is 0 Å². The quantitative estimate of drug-likeness (QED) is 0.703. The maximum Gasteiger partial charge on any atom is 0.222 e. The molecule has 0 aliphatic carbocycles. The predicted molar refractivity (Wildman–Crippen MR) is 114 cm³/mol. The van der Waals surface area contributed by atoms with Crippen LogP contribution in [-0.2, 0) is 6.42 Å². The molecule has 2 aliphatic rings. The van der Waals surface area contributed by atoms with E-state index in [9.17, 15) is 5.26 Å². The number of hydrogen-bond acceptors (Lipinski definition) is 6. The third-order valence-electron chi connectivity index (χ3n) is 5.92. The predicted octanol–water partition coefficient (Wildman–Crippen LogP) is 3.66. The molecule has 0 unspecified atom stereocenters. The second-order valence-corrected chi connectivity index (χ2v) is 7.75. The summed E-state index contributed by atoms with van der Waals surface area (Å²) >= 11 is 0. The van der Waals surface area contributed by atoms with Gasteiger partial charge in [-0.1, -0.05) is 24.3 Å². The number of nitrogen functional groups attached to an aromatic ring is 1. The van der Waals surface area contributed by atoms with E-state index in [0.29, 0.717) is 11.6 Å². The van der Waals surface area contributed by atoms with Crippen molar-refractivity contribution in [2.75, 3.05) is 22.5 Å². The van der Waals surface area contributed by atoms with Crippen molar-refractivity contribution in [1.29, 1.82) is 5.26 Å². The van der Waals surface area contributed by atoms with Gasteiger partial charge in [-0.3, -0.25) is 0 Å². The van der Waals surface area contributed by atoms with Gasteiger partial charge < -0.3 is 16.0 Å². The fraction of sp³-hybridized carbons (Fsp3) is 0.261. The fourth-order valence-corrected chi connectivity index (χ4v) is 4.58. The first-order valence-electron chi connectivity index (χ1n) is 9.93. The number of piperidine rings is 1. The number of nitrogens with one attached hydrogen (secondary N) is 1. The van der Waals surface area contributed by atoms with Gasteiger partial charge in [-0.05, 0) is 54.2 Å². The highest BCUT2D eigenvalue weighted by molar-refractivity contribution is 5.62. The molecule has 3 aromatic rings. The summed E-state index contributed by atoms with van der Waals surface area (Å²) in [6.45, 7) is 0.935. The number of fused-ring (bicyclic) bond motifs is 5. The van der Waals surface area contributed by atoms with E-state index in [-0.39, 0.29) is 12.1 Å². The highest BCUT2D eigenvalue weighted by Crippen LogP contribution is 2.42. The molecule has 6 heteroatoms. The van der Waals surface area contributed by atoms with E-state index in [0.717, 1.165) is 31.4 Å². The molecule has 0 bridgehead atoms. The summed E-state index contributed by atoms with van der Waals surface area (Å²) in [4.78, 5) is 11.1. The molecule has 0 saturated carbocycles. The summed E-state index contributed by atoms with van der Waals surface area (Å²) in [5.74, 6) is 0.624. The minimum absolute atomic E-state index is 0.278. The summed E-state index contributed by atoms with van der Waals surface area (Å²) in [6.07, 6.45) is 6.08. The Labute approximate surface area is 170 Å². The van der Waals surface area contributed by atoms with Crippen LogP contribution in [0.3, 0.4) is 0 Å². The first-order valence-corrected chi connectivity index (χ1v) is 9.93. The summed E-state index contributed by atoms with van der Waals surface area (Å²) < 4.78 is 0. The van der Waals surface area contributed by atoms with Crippen LogP contribution in [0.15, 0.2) is 54.9 Å². The van der Waals surface area contributed by atoms with E-state index in [2.05, 4.69) is 56.6 Å². The van der Waals surface area contributed by atoms with Gasteiger partial charge in [-0.25, -0.2) is 9.97 Å². The van der Waals surface area contributed by atoms with Crippen molar-refractivity contribution in [2.45, 2.75) is 31.3 Å². The molecule has 0 radical (unpaired) electrons. The topological polar surface area (TPSA) is 90.9 Å². The Hall–Kier alpha value is -3.59. The summed E-state index contributed by atoms with van der Waals surface area (Å²) in [5.41, 5.74) is 12.2. The third kappa shape index (κ3) is 3.25. The molecule has 3 N–H and O–H groups in total. The zero-order valence-corrected chi connectivity index (χ0v) is 16.0. The summed E-state index contributed by atoms with van der Waals surface area (Å²) in [7, 11) is 0. The first-order chi connectivity index (χ1) is 14.2. The largest absolute Gasteiger partial charge is 0.396 e. The summed E-state index contributed by atoms with van der Waals surface area (Å²) in [6, 6.07) is 17.6. The molecule has 0 spiro atoms. The smallest absolute Gasteiger partial charge is 0.222 e. The molecule has 144 valence electrons. The third-order valence-corrected chi connectivity index (χ3v) is 5.92. The highest BCUT2D eigenvalue weighted by atomic mass is 15.2. The van der Waals surface area contributed by atoms with Gasteiger partial charge in [0.05, 0.1) is 35.8 Å². The molecule has 1 fully saturated rings. The number of nitrogens with two attached hydrogens (primary N) is 1. The molecule has 6 nitrogen and oxygen atoms in total. The molecule has 5 rings (SSSR count). The van der Waals surface area contributed by atoms with Crippen molar-refractivity contribution in [1.82, 2.24) is 9.97 Å². The van der Waals surface area contributed by atoms with Gasteiger partial charge in [-0.2, -0.15) is 5.26 Å². The van der Waals surface area contributed by atoms with Crippen LogP contribution < -0.4 is 16.0 Å². The number of anilines is 3. The molecule has 2 aromatic carbocycles. The zero-order valence-electron chi connectivity index (χ0n) is 16.0. The van der Waals surface area contributed by atoms with Gasteiger partial charge in [0.1, 0.15) is 0 Å². The zero-order chi connectivity index (χ0) is 19.8. The van der Waals surface area contributed by atoms with Gasteiger partial charge in [0, 0.05) is 18.3 Å². The van der Waals surface area contributed by atoms with Gasteiger partial charge in [0.2, 0.25) is 5.95 Å². The maximum atomic E-state index is 9.34. The molecule has 1 saturated heterocycles.